The summed E-state index contributed by atoms with van der Waals surface area (Å²) in [6.07, 6.45) is 2.88. The Morgan fingerprint density at radius 1 is 1.10 bits per heavy atom. The number of nitrogen functional groups attached to an aromatic ring is 1. The van der Waals surface area contributed by atoms with Crippen molar-refractivity contribution >= 4 is 31.3 Å². The number of anilines is 2. The molecule has 1 saturated heterocycles. The van der Waals surface area contributed by atoms with Gasteiger partial charge in [-0.05, 0) is 43.3 Å². The zero-order valence-electron chi connectivity index (χ0n) is 17.1. The van der Waals surface area contributed by atoms with Crippen molar-refractivity contribution in [2.24, 2.45) is 4.36 Å². The van der Waals surface area contributed by atoms with E-state index in [4.69, 9.17) is 5.73 Å². The molecule has 1 aromatic carbocycles. The van der Waals surface area contributed by atoms with Crippen LogP contribution in [0.5, 0.6) is 0 Å². The molecule has 2 aromatic rings. The molecule has 1 aliphatic rings. The molecule has 10 heteroatoms. The Bertz CT molecular complexity index is 1190. The lowest BCUT2D eigenvalue weighted by atomic mass is 10.1. The van der Waals surface area contributed by atoms with Gasteiger partial charge < -0.3 is 10.6 Å². The second kappa shape index (κ2) is 8.63. The second-order valence-electron chi connectivity index (χ2n) is 6.86. The zero-order valence-corrected chi connectivity index (χ0v) is 18.8. The Balaban J connectivity index is 1.86. The second-order valence-corrected chi connectivity index (χ2v) is 11.2. The molecule has 2 N–H and O–H groups in total. The summed E-state index contributed by atoms with van der Waals surface area (Å²) in [6.45, 7) is 2.74. The monoisotopic (exact) mass is 447 g/mol. The van der Waals surface area contributed by atoms with E-state index in [2.05, 4.69) is 26.1 Å². The molecule has 0 unspecified atom stereocenters. The van der Waals surface area contributed by atoms with Crippen LogP contribution < -0.4 is 10.6 Å². The van der Waals surface area contributed by atoms with Gasteiger partial charge in [-0.2, -0.15) is 4.31 Å². The van der Waals surface area contributed by atoms with Gasteiger partial charge in [0.1, 0.15) is 16.8 Å². The molecule has 1 aliphatic heterocycles. The summed E-state index contributed by atoms with van der Waals surface area (Å²) < 4.78 is 43.8. The van der Waals surface area contributed by atoms with Crippen LogP contribution in [0.3, 0.4) is 0 Å². The van der Waals surface area contributed by atoms with E-state index in [9.17, 15) is 12.6 Å². The lowest BCUT2D eigenvalue weighted by molar-refractivity contribution is 0.360. The predicted molar refractivity (Wildman–Crippen MR) is 119 cm³/mol. The van der Waals surface area contributed by atoms with E-state index in [-0.39, 0.29) is 23.3 Å². The van der Waals surface area contributed by atoms with Crippen molar-refractivity contribution in [2.75, 3.05) is 43.6 Å². The first-order chi connectivity index (χ1) is 14.2. The number of nitrogens with two attached hydrogens (primary N) is 1. The molecule has 3 rings (SSSR count). The predicted octanol–water partition coefficient (Wildman–Crippen LogP) is 1.65. The smallest absolute Gasteiger partial charge is 0.244 e. The van der Waals surface area contributed by atoms with Crippen LogP contribution in [0.15, 0.2) is 56.7 Å². The molecule has 0 saturated carbocycles. The minimum atomic E-state index is -3.69. The van der Waals surface area contributed by atoms with Crippen LogP contribution in [0.2, 0.25) is 0 Å². The Hall–Kier alpha value is -2.61. The summed E-state index contributed by atoms with van der Waals surface area (Å²) >= 11 is 0. The van der Waals surface area contributed by atoms with E-state index in [1.807, 2.05) is 12.1 Å². The van der Waals surface area contributed by atoms with Gasteiger partial charge in [0.15, 0.2) is 0 Å². The molecule has 1 fully saturated rings. The van der Waals surface area contributed by atoms with Gasteiger partial charge in [0, 0.05) is 49.7 Å². The summed E-state index contributed by atoms with van der Waals surface area (Å²) in [5.41, 5.74) is 6.46. The van der Waals surface area contributed by atoms with Crippen LogP contribution in [-0.4, -0.2) is 60.9 Å². The molecular formula is C20H25N5O3S2. The molecule has 0 aliphatic carbocycles. The van der Waals surface area contributed by atoms with Gasteiger partial charge in [0.2, 0.25) is 10.0 Å². The lowest BCUT2D eigenvalue weighted by Crippen LogP contribution is -2.54. The Labute approximate surface area is 178 Å². The van der Waals surface area contributed by atoms with Crippen molar-refractivity contribution in [3.05, 3.63) is 42.6 Å². The number of aromatic nitrogens is 1. The third-order valence-corrected chi connectivity index (χ3v) is 8.70. The van der Waals surface area contributed by atoms with Crippen molar-refractivity contribution in [1.82, 2.24) is 9.29 Å². The van der Waals surface area contributed by atoms with E-state index in [1.165, 1.54) is 22.6 Å². The number of rotatable bonds is 4. The van der Waals surface area contributed by atoms with Crippen LogP contribution in [0, 0.1) is 11.8 Å². The normalized spacial score (nSPS) is 19.4. The van der Waals surface area contributed by atoms with Crippen molar-refractivity contribution in [2.45, 2.75) is 22.8 Å². The van der Waals surface area contributed by atoms with Crippen LogP contribution >= 0.6 is 0 Å². The number of pyridine rings is 1. The van der Waals surface area contributed by atoms with Gasteiger partial charge in [-0.3, -0.25) is 0 Å². The third kappa shape index (κ3) is 4.43. The highest BCUT2D eigenvalue weighted by molar-refractivity contribution is 7.93. The topological polar surface area (TPSA) is 109 Å². The van der Waals surface area contributed by atoms with E-state index in [0.717, 1.165) is 5.69 Å². The van der Waals surface area contributed by atoms with Crippen molar-refractivity contribution in [3.63, 3.8) is 0 Å². The van der Waals surface area contributed by atoms with Gasteiger partial charge in [-0.25, -0.2) is 22.0 Å². The maximum absolute atomic E-state index is 13.0. The van der Waals surface area contributed by atoms with E-state index in [1.54, 1.807) is 32.4 Å². The van der Waals surface area contributed by atoms with Crippen LogP contribution in [0.4, 0.5) is 11.5 Å². The summed E-state index contributed by atoms with van der Waals surface area (Å²) in [7, 11) is -4.56. The molecule has 1 aromatic heterocycles. The minimum absolute atomic E-state index is 0.110. The average Bonchev–Trinajstić information content (AvgIpc) is 2.74. The summed E-state index contributed by atoms with van der Waals surface area (Å²) in [5.74, 6) is 6.28. The maximum atomic E-state index is 13.0. The molecule has 160 valence electrons. The Kier molecular flexibility index (Phi) is 6.36. The van der Waals surface area contributed by atoms with Crippen LogP contribution in [-0.2, 0) is 19.8 Å². The quantitative estimate of drug-likeness (QED) is 0.714. The number of sulfonamides is 1. The number of piperazine rings is 1. The van der Waals surface area contributed by atoms with E-state index in [0.29, 0.717) is 18.0 Å². The van der Waals surface area contributed by atoms with Crippen LogP contribution in [0.25, 0.3) is 0 Å². The van der Waals surface area contributed by atoms with Gasteiger partial charge in [-0.15, -0.1) is 5.92 Å². The molecule has 0 bridgehead atoms. The van der Waals surface area contributed by atoms with Crippen molar-refractivity contribution in [1.29, 1.82) is 0 Å². The highest BCUT2D eigenvalue weighted by Crippen LogP contribution is 2.26. The standard InChI is InChI=1S/C20H25N5O3S2/c1-4-5-17-15-24(30(27,28)19-10-11-20(21)23-14-19)12-13-25(17)16-6-8-18(9-7-16)29(3,26)22-2/h6-11,14,17H,12-13,15H2,1-3H3,(H2,21,23)/t17-,29+/m0/s1. The van der Waals surface area contributed by atoms with E-state index >= 15 is 0 Å². The van der Waals surface area contributed by atoms with Crippen LogP contribution in [0.1, 0.15) is 6.92 Å². The fourth-order valence-corrected chi connectivity index (χ4v) is 5.50. The molecule has 0 amide bonds. The first kappa shape index (κ1) is 22.1. The average molecular weight is 448 g/mol. The molecule has 0 radical (unpaired) electrons. The maximum Gasteiger partial charge on any atom is 0.244 e. The molecular weight excluding hydrogens is 422 g/mol. The SMILES string of the molecule is CC#C[C@H]1CN(S(=O)(=O)c2ccc(N)nc2)CCN1c1ccc([S@@](C)(=O)=NC)cc1. The first-order valence-electron chi connectivity index (χ1n) is 9.30. The largest absolute Gasteiger partial charge is 0.384 e. The molecule has 8 nitrogen and oxygen atoms in total. The number of benzene rings is 1. The molecule has 0 spiro atoms. The lowest BCUT2D eigenvalue weighted by Gasteiger charge is -2.39. The highest BCUT2D eigenvalue weighted by atomic mass is 32.2. The fraction of sp³-hybridized carbons (Fsp3) is 0.350. The number of hydrogen-bond acceptors (Lipinski definition) is 7. The number of hydrogen-bond donors (Lipinski definition) is 1. The Morgan fingerprint density at radius 2 is 1.77 bits per heavy atom. The number of nitrogens with zero attached hydrogens (tertiary/aromatic N) is 4. The third-order valence-electron chi connectivity index (χ3n) is 5.01. The van der Waals surface area contributed by atoms with Crippen molar-refractivity contribution in [3.8, 4) is 11.8 Å². The minimum Gasteiger partial charge on any atom is -0.384 e. The van der Waals surface area contributed by atoms with Gasteiger partial charge in [0.05, 0.1) is 9.73 Å². The Morgan fingerprint density at radius 3 is 2.33 bits per heavy atom. The summed E-state index contributed by atoms with van der Waals surface area (Å²) in [6, 6.07) is 9.97. The van der Waals surface area contributed by atoms with Crippen molar-refractivity contribution < 1.29 is 12.6 Å². The summed E-state index contributed by atoms with van der Waals surface area (Å²) in [5, 5.41) is 0. The van der Waals surface area contributed by atoms with Gasteiger partial charge >= 0.3 is 0 Å². The van der Waals surface area contributed by atoms with Gasteiger partial charge in [-0.1, -0.05) is 5.92 Å². The zero-order chi connectivity index (χ0) is 21.9. The molecule has 2 atom stereocenters. The van der Waals surface area contributed by atoms with E-state index < -0.39 is 19.8 Å². The molecule has 2 heterocycles. The fourth-order valence-electron chi connectivity index (χ4n) is 3.26. The summed E-state index contributed by atoms with van der Waals surface area (Å²) in [4.78, 5) is 6.73. The highest BCUT2D eigenvalue weighted by Gasteiger charge is 2.34. The van der Waals surface area contributed by atoms with Gasteiger partial charge in [0.25, 0.3) is 0 Å². The molecule has 30 heavy (non-hydrogen) atoms. The first-order valence-corrected chi connectivity index (χ1v) is 12.7.